The Hall–Kier alpha value is -4.42. The van der Waals surface area contributed by atoms with Crippen molar-refractivity contribution in [2.45, 2.75) is 12.8 Å². The van der Waals surface area contributed by atoms with Gasteiger partial charge in [-0.2, -0.15) is 5.26 Å². The highest BCUT2D eigenvalue weighted by atomic mass is 19.1. The molecule has 2 aromatic carbocycles. The standard InChI is InChI=1S/C28H27FN6O2/c29-24-16-21(6-8-26(24)37-28-22(27(31)36)4-1-9-32-28)35-13-11-34(12-14-35)10-2-3-20-18-33-25-7-5-19(17-30)15-23(20)25/h1,4-9,15-16,18,33H,2-3,10-14H2,(H2,31,36). The number of hydrogen-bond donors (Lipinski definition) is 2. The smallest absolute Gasteiger partial charge is 0.254 e. The van der Waals surface area contributed by atoms with Crippen LogP contribution in [0.2, 0.25) is 0 Å². The molecule has 2 aromatic heterocycles. The number of rotatable bonds is 8. The van der Waals surface area contributed by atoms with Crippen molar-refractivity contribution in [2.24, 2.45) is 5.73 Å². The third-order valence-electron chi connectivity index (χ3n) is 6.71. The van der Waals surface area contributed by atoms with E-state index in [4.69, 9.17) is 10.5 Å². The molecule has 8 nitrogen and oxygen atoms in total. The third kappa shape index (κ3) is 5.39. The molecule has 5 rings (SSSR count). The number of H-pyrrole nitrogens is 1. The monoisotopic (exact) mass is 498 g/mol. The van der Waals surface area contributed by atoms with Gasteiger partial charge in [0.25, 0.3) is 5.91 Å². The molecule has 4 aromatic rings. The van der Waals surface area contributed by atoms with Crippen LogP contribution in [-0.4, -0.2) is 53.5 Å². The number of aromatic amines is 1. The fourth-order valence-electron chi connectivity index (χ4n) is 4.71. The van der Waals surface area contributed by atoms with Crippen molar-refractivity contribution in [3.8, 4) is 17.7 Å². The van der Waals surface area contributed by atoms with Crippen LogP contribution in [0, 0.1) is 17.1 Å². The Kier molecular flexibility index (Phi) is 7.01. The van der Waals surface area contributed by atoms with Crippen LogP contribution in [0.25, 0.3) is 10.9 Å². The minimum atomic E-state index is -0.687. The number of nitriles is 1. The number of anilines is 1. The lowest BCUT2D eigenvalue weighted by Crippen LogP contribution is -2.46. The lowest BCUT2D eigenvalue weighted by atomic mass is 10.1. The highest BCUT2D eigenvalue weighted by Crippen LogP contribution is 2.29. The zero-order chi connectivity index (χ0) is 25.8. The van der Waals surface area contributed by atoms with Crippen molar-refractivity contribution in [3.05, 3.63) is 83.4 Å². The summed E-state index contributed by atoms with van der Waals surface area (Å²) in [7, 11) is 0. The van der Waals surface area contributed by atoms with Gasteiger partial charge in [0.05, 0.1) is 11.6 Å². The summed E-state index contributed by atoms with van der Waals surface area (Å²) >= 11 is 0. The van der Waals surface area contributed by atoms with Crippen LogP contribution >= 0.6 is 0 Å². The van der Waals surface area contributed by atoms with E-state index in [2.05, 4.69) is 25.8 Å². The molecular weight excluding hydrogens is 471 g/mol. The van der Waals surface area contributed by atoms with Gasteiger partial charge in [0.15, 0.2) is 11.6 Å². The number of carbonyl (C=O) groups excluding carboxylic acids is 1. The first-order valence-corrected chi connectivity index (χ1v) is 12.2. The van der Waals surface area contributed by atoms with Crippen molar-refractivity contribution < 1.29 is 13.9 Å². The average molecular weight is 499 g/mol. The molecule has 3 N–H and O–H groups in total. The number of nitrogens with two attached hydrogens (primary N) is 1. The van der Waals surface area contributed by atoms with Gasteiger partial charge in [0, 0.05) is 61.2 Å². The molecule has 9 heteroatoms. The number of ether oxygens (including phenoxy) is 1. The van der Waals surface area contributed by atoms with E-state index in [1.165, 1.54) is 23.9 Å². The maximum Gasteiger partial charge on any atom is 0.254 e. The molecule has 0 spiro atoms. The highest BCUT2D eigenvalue weighted by Gasteiger charge is 2.19. The summed E-state index contributed by atoms with van der Waals surface area (Å²) in [6.07, 6.45) is 5.45. The molecule has 1 fully saturated rings. The quantitative estimate of drug-likeness (QED) is 0.376. The SMILES string of the molecule is N#Cc1ccc2[nH]cc(CCCN3CCN(c4ccc(Oc5ncccc5C(N)=O)c(F)c4)CC3)c2c1. The van der Waals surface area contributed by atoms with Gasteiger partial charge in [-0.15, -0.1) is 0 Å². The van der Waals surface area contributed by atoms with Crippen LogP contribution in [0.4, 0.5) is 10.1 Å². The van der Waals surface area contributed by atoms with Gasteiger partial charge < -0.3 is 20.4 Å². The molecule has 0 bridgehead atoms. The van der Waals surface area contributed by atoms with Crippen LogP contribution in [0.3, 0.4) is 0 Å². The third-order valence-corrected chi connectivity index (χ3v) is 6.71. The van der Waals surface area contributed by atoms with E-state index >= 15 is 0 Å². The number of nitrogens with zero attached hydrogens (tertiary/aromatic N) is 4. The molecule has 1 amide bonds. The van der Waals surface area contributed by atoms with Gasteiger partial charge in [0.2, 0.25) is 5.88 Å². The number of pyridine rings is 1. The number of fused-ring (bicyclic) bond motifs is 1. The summed E-state index contributed by atoms with van der Waals surface area (Å²) in [5.74, 6) is -1.25. The van der Waals surface area contributed by atoms with Crippen molar-refractivity contribution in [1.82, 2.24) is 14.9 Å². The van der Waals surface area contributed by atoms with E-state index in [-0.39, 0.29) is 17.2 Å². The van der Waals surface area contributed by atoms with Crippen molar-refractivity contribution in [1.29, 1.82) is 5.26 Å². The van der Waals surface area contributed by atoms with E-state index in [1.807, 2.05) is 30.5 Å². The van der Waals surface area contributed by atoms with E-state index in [0.717, 1.165) is 62.2 Å². The predicted octanol–water partition coefficient (Wildman–Crippen LogP) is 4.22. The number of carbonyl (C=O) groups is 1. The number of aryl methyl sites for hydroxylation is 1. The maximum atomic E-state index is 14.8. The molecule has 0 atom stereocenters. The summed E-state index contributed by atoms with van der Waals surface area (Å²) in [6.45, 7) is 4.35. The van der Waals surface area contributed by atoms with Gasteiger partial charge in [-0.05, 0) is 67.4 Å². The van der Waals surface area contributed by atoms with E-state index < -0.39 is 11.7 Å². The van der Waals surface area contributed by atoms with Gasteiger partial charge >= 0.3 is 0 Å². The topological polar surface area (TPSA) is 111 Å². The second kappa shape index (κ2) is 10.7. The van der Waals surface area contributed by atoms with Gasteiger partial charge in [-0.3, -0.25) is 9.69 Å². The Bertz CT molecular complexity index is 1470. The van der Waals surface area contributed by atoms with Gasteiger partial charge in [0.1, 0.15) is 5.56 Å². The fraction of sp³-hybridized carbons (Fsp3) is 0.250. The van der Waals surface area contributed by atoms with Crippen molar-refractivity contribution in [3.63, 3.8) is 0 Å². The number of halogens is 1. The lowest BCUT2D eigenvalue weighted by Gasteiger charge is -2.36. The lowest BCUT2D eigenvalue weighted by molar-refractivity contribution is 0.0997. The van der Waals surface area contributed by atoms with E-state index in [1.54, 1.807) is 12.1 Å². The number of amides is 1. The van der Waals surface area contributed by atoms with Crippen LogP contribution in [-0.2, 0) is 6.42 Å². The zero-order valence-corrected chi connectivity index (χ0v) is 20.3. The van der Waals surface area contributed by atoms with Crippen molar-refractivity contribution in [2.75, 3.05) is 37.6 Å². The second-order valence-corrected chi connectivity index (χ2v) is 9.06. The normalized spacial score (nSPS) is 14.0. The predicted molar refractivity (Wildman–Crippen MR) is 139 cm³/mol. The number of primary amides is 1. The Morgan fingerprint density at radius 2 is 2.00 bits per heavy atom. The molecule has 0 saturated carbocycles. The summed E-state index contributed by atoms with van der Waals surface area (Å²) < 4.78 is 20.4. The zero-order valence-electron chi connectivity index (χ0n) is 20.3. The minimum Gasteiger partial charge on any atom is -0.435 e. The molecule has 188 valence electrons. The maximum absolute atomic E-state index is 14.8. The Labute approximate surface area is 214 Å². The van der Waals surface area contributed by atoms with Crippen LogP contribution in [0.15, 0.2) is 60.9 Å². The molecule has 1 aliphatic heterocycles. The average Bonchev–Trinajstić information content (AvgIpc) is 3.32. The number of nitrogens with one attached hydrogen (secondary N) is 1. The summed E-state index contributed by atoms with van der Waals surface area (Å²) in [6, 6.07) is 15.8. The van der Waals surface area contributed by atoms with Crippen LogP contribution in [0.5, 0.6) is 11.6 Å². The van der Waals surface area contributed by atoms with Crippen molar-refractivity contribution >= 4 is 22.5 Å². The fourth-order valence-corrected chi connectivity index (χ4v) is 4.71. The molecular formula is C28H27FN6O2. The summed E-state index contributed by atoms with van der Waals surface area (Å²) in [4.78, 5) is 23.4. The Morgan fingerprint density at radius 1 is 1.16 bits per heavy atom. The molecule has 1 aliphatic rings. The number of piperazine rings is 1. The van der Waals surface area contributed by atoms with E-state index in [9.17, 15) is 14.4 Å². The molecule has 1 saturated heterocycles. The molecule has 0 aliphatic carbocycles. The highest BCUT2D eigenvalue weighted by molar-refractivity contribution is 5.95. The minimum absolute atomic E-state index is 0.0113. The second-order valence-electron chi connectivity index (χ2n) is 9.06. The largest absolute Gasteiger partial charge is 0.435 e. The van der Waals surface area contributed by atoms with Gasteiger partial charge in [-0.25, -0.2) is 9.37 Å². The summed E-state index contributed by atoms with van der Waals surface area (Å²) in [5, 5.41) is 10.3. The van der Waals surface area contributed by atoms with Crippen LogP contribution in [0.1, 0.15) is 27.9 Å². The first-order valence-electron chi connectivity index (χ1n) is 12.2. The van der Waals surface area contributed by atoms with E-state index in [0.29, 0.717) is 5.56 Å². The number of aromatic nitrogens is 2. The molecule has 37 heavy (non-hydrogen) atoms. The Morgan fingerprint density at radius 3 is 2.76 bits per heavy atom. The summed E-state index contributed by atoms with van der Waals surface area (Å²) in [5.41, 5.74) is 9.19. The first kappa shape index (κ1) is 24.3. The van der Waals surface area contributed by atoms with Gasteiger partial charge in [-0.1, -0.05) is 0 Å². The molecule has 0 unspecified atom stereocenters. The Balaban J connectivity index is 1.14. The molecule has 3 heterocycles. The van der Waals surface area contributed by atoms with Crippen LogP contribution < -0.4 is 15.4 Å². The number of hydrogen-bond acceptors (Lipinski definition) is 6. The molecule has 0 radical (unpaired) electrons. The first-order chi connectivity index (χ1) is 18.0. The number of benzene rings is 2.